The highest BCUT2D eigenvalue weighted by atomic mass is 35.5. The third-order valence-electron chi connectivity index (χ3n) is 2.97. The second-order valence-electron chi connectivity index (χ2n) is 4.58. The monoisotopic (exact) mass is 322 g/mol. The maximum atomic E-state index is 8.79. The lowest BCUT2D eigenvalue weighted by Gasteiger charge is -2.08. The van der Waals surface area contributed by atoms with Crippen molar-refractivity contribution in [1.82, 2.24) is 15.2 Å². The molecule has 6 nitrogen and oxygen atoms in total. The predicted molar refractivity (Wildman–Crippen MR) is 89.0 cm³/mol. The van der Waals surface area contributed by atoms with Gasteiger partial charge in [-0.1, -0.05) is 23.7 Å². The first-order valence-corrected chi connectivity index (χ1v) is 7.11. The van der Waals surface area contributed by atoms with Crippen LogP contribution in [0.15, 0.2) is 54.7 Å². The van der Waals surface area contributed by atoms with E-state index in [1.165, 1.54) is 6.20 Å². The number of nitriles is 1. The molecular formula is C16H11ClN6. The van der Waals surface area contributed by atoms with E-state index in [-0.39, 0.29) is 0 Å². The molecule has 0 radical (unpaired) electrons. The lowest BCUT2D eigenvalue weighted by atomic mass is 10.2. The molecule has 0 aliphatic rings. The molecule has 0 saturated carbocycles. The van der Waals surface area contributed by atoms with E-state index >= 15 is 0 Å². The topological polar surface area (TPSA) is 86.5 Å². The van der Waals surface area contributed by atoms with Crippen LogP contribution >= 0.6 is 11.6 Å². The summed E-state index contributed by atoms with van der Waals surface area (Å²) < 4.78 is 0. The lowest BCUT2D eigenvalue weighted by Crippen LogP contribution is -2.02. The van der Waals surface area contributed by atoms with E-state index in [0.717, 1.165) is 11.4 Å². The van der Waals surface area contributed by atoms with Crippen LogP contribution in [0, 0.1) is 11.3 Å². The highest BCUT2D eigenvalue weighted by Gasteiger charge is 2.04. The molecule has 0 amide bonds. The Bertz CT molecular complexity index is 857. The van der Waals surface area contributed by atoms with Crippen LogP contribution in [0.25, 0.3) is 0 Å². The van der Waals surface area contributed by atoms with Gasteiger partial charge < -0.3 is 10.6 Å². The zero-order chi connectivity index (χ0) is 16.1. The minimum Gasteiger partial charge on any atom is -0.338 e. The van der Waals surface area contributed by atoms with Crippen molar-refractivity contribution in [2.75, 3.05) is 10.6 Å². The van der Waals surface area contributed by atoms with E-state index in [4.69, 9.17) is 16.9 Å². The first-order chi connectivity index (χ1) is 11.2. The smallest absolute Gasteiger partial charge is 0.249 e. The van der Waals surface area contributed by atoms with Crippen LogP contribution in [-0.2, 0) is 0 Å². The number of hydrogen-bond donors (Lipinski definition) is 2. The van der Waals surface area contributed by atoms with Crippen molar-refractivity contribution >= 4 is 34.7 Å². The molecule has 0 atom stereocenters. The molecule has 0 unspecified atom stereocenters. The van der Waals surface area contributed by atoms with Gasteiger partial charge in [0.15, 0.2) is 5.82 Å². The van der Waals surface area contributed by atoms with Gasteiger partial charge in [0.25, 0.3) is 0 Å². The SMILES string of the molecule is N#Cc1ccc(Nc2nncc(Nc3ccccc3Cl)n2)cc1. The van der Waals surface area contributed by atoms with Gasteiger partial charge in [0.05, 0.1) is 28.5 Å². The number of nitrogens with one attached hydrogen (secondary N) is 2. The molecule has 112 valence electrons. The fourth-order valence-corrected chi connectivity index (χ4v) is 2.06. The minimum absolute atomic E-state index is 0.340. The zero-order valence-corrected chi connectivity index (χ0v) is 12.6. The number of halogens is 1. The fraction of sp³-hybridized carbons (Fsp3) is 0. The van der Waals surface area contributed by atoms with Gasteiger partial charge in [-0.15, -0.1) is 5.10 Å². The second kappa shape index (κ2) is 6.73. The number of nitrogens with zero attached hydrogens (tertiary/aromatic N) is 4. The maximum Gasteiger partial charge on any atom is 0.249 e. The molecule has 2 N–H and O–H groups in total. The van der Waals surface area contributed by atoms with Crippen LogP contribution < -0.4 is 10.6 Å². The predicted octanol–water partition coefficient (Wildman–Crippen LogP) is 3.88. The van der Waals surface area contributed by atoms with Gasteiger partial charge >= 0.3 is 0 Å². The number of hydrogen-bond acceptors (Lipinski definition) is 6. The van der Waals surface area contributed by atoms with Gasteiger partial charge in [-0.3, -0.25) is 0 Å². The molecule has 7 heteroatoms. The fourth-order valence-electron chi connectivity index (χ4n) is 1.87. The quantitative estimate of drug-likeness (QED) is 0.758. The zero-order valence-electron chi connectivity index (χ0n) is 11.9. The van der Waals surface area contributed by atoms with Crippen molar-refractivity contribution in [3.05, 3.63) is 65.3 Å². The highest BCUT2D eigenvalue weighted by Crippen LogP contribution is 2.24. The van der Waals surface area contributed by atoms with Gasteiger partial charge in [-0.25, -0.2) is 0 Å². The molecule has 0 saturated heterocycles. The van der Waals surface area contributed by atoms with Crippen LogP contribution in [0.4, 0.5) is 23.1 Å². The second-order valence-corrected chi connectivity index (χ2v) is 4.99. The summed E-state index contributed by atoms with van der Waals surface area (Å²) in [5.74, 6) is 0.857. The number of rotatable bonds is 4. The summed E-state index contributed by atoms with van der Waals surface area (Å²) in [5, 5.41) is 23.3. The van der Waals surface area contributed by atoms with E-state index in [1.54, 1.807) is 30.3 Å². The number of aromatic nitrogens is 3. The maximum absolute atomic E-state index is 8.79. The lowest BCUT2D eigenvalue weighted by molar-refractivity contribution is 0.982. The first kappa shape index (κ1) is 14.8. The Morgan fingerprint density at radius 1 is 1.00 bits per heavy atom. The van der Waals surface area contributed by atoms with E-state index in [2.05, 4.69) is 31.9 Å². The molecule has 0 aliphatic carbocycles. The molecule has 2 aromatic carbocycles. The van der Waals surface area contributed by atoms with Crippen molar-refractivity contribution in [3.8, 4) is 6.07 Å². The number of para-hydroxylation sites is 1. The molecule has 23 heavy (non-hydrogen) atoms. The largest absolute Gasteiger partial charge is 0.338 e. The van der Waals surface area contributed by atoms with Crippen LogP contribution in [0.5, 0.6) is 0 Å². The molecule has 0 fully saturated rings. The van der Waals surface area contributed by atoms with Gasteiger partial charge in [-0.2, -0.15) is 15.3 Å². The van der Waals surface area contributed by atoms with E-state index in [9.17, 15) is 0 Å². The Labute approximate surface area is 137 Å². The minimum atomic E-state index is 0.340. The van der Waals surface area contributed by atoms with Crippen LogP contribution in [0.3, 0.4) is 0 Å². The highest BCUT2D eigenvalue weighted by molar-refractivity contribution is 6.33. The molecule has 0 spiro atoms. The van der Waals surface area contributed by atoms with Crippen LogP contribution in [0.2, 0.25) is 5.02 Å². The van der Waals surface area contributed by atoms with E-state index < -0.39 is 0 Å². The summed E-state index contributed by atoms with van der Waals surface area (Å²) in [7, 11) is 0. The van der Waals surface area contributed by atoms with Crippen LogP contribution in [-0.4, -0.2) is 15.2 Å². The summed E-state index contributed by atoms with van der Waals surface area (Å²) in [6.45, 7) is 0. The Morgan fingerprint density at radius 3 is 2.52 bits per heavy atom. The Morgan fingerprint density at radius 2 is 1.78 bits per heavy atom. The van der Waals surface area contributed by atoms with Crippen molar-refractivity contribution in [2.24, 2.45) is 0 Å². The van der Waals surface area contributed by atoms with Gasteiger partial charge in [0, 0.05) is 5.69 Å². The number of anilines is 4. The molecular weight excluding hydrogens is 312 g/mol. The van der Waals surface area contributed by atoms with Crippen molar-refractivity contribution < 1.29 is 0 Å². The first-order valence-electron chi connectivity index (χ1n) is 6.73. The molecule has 0 bridgehead atoms. The summed E-state index contributed by atoms with van der Waals surface area (Å²) in [6.07, 6.45) is 1.51. The molecule has 3 rings (SSSR count). The molecule has 0 aliphatic heterocycles. The average molecular weight is 323 g/mol. The number of benzene rings is 2. The average Bonchev–Trinajstić information content (AvgIpc) is 2.58. The summed E-state index contributed by atoms with van der Waals surface area (Å²) >= 11 is 6.10. The molecule has 3 aromatic rings. The Hall–Kier alpha value is -3.17. The van der Waals surface area contributed by atoms with Gasteiger partial charge in [0.2, 0.25) is 5.95 Å². The van der Waals surface area contributed by atoms with E-state index in [0.29, 0.717) is 22.4 Å². The van der Waals surface area contributed by atoms with Crippen molar-refractivity contribution in [3.63, 3.8) is 0 Å². The third-order valence-corrected chi connectivity index (χ3v) is 3.30. The standard InChI is InChI=1S/C16H11ClN6/c17-13-3-1-2-4-14(13)21-15-10-19-23-16(22-15)20-12-7-5-11(9-18)6-8-12/h1-8,10H,(H2,20,21,22,23). The normalized spacial score (nSPS) is 9.91. The summed E-state index contributed by atoms with van der Waals surface area (Å²) in [4.78, 5) is 4.33. The van der Waals surface area contributed by atoms with Gasteiger partial charge in [-0.05, 0) is 36.4 Å². The van der Waals surface area contributed by atoms with Crippen molar-refractivity contribution in [2.45, 2.75) is 0 Å². The summed E-state index contributed by atoms with van der Waals surface area (Å²) in [5.41, 5.74) is 2.09. The third kappa shape index (κ3) is 3.73. The van der Waals surface area contributed by atoms with E-state index in [1.807, 2.05) is 18.2 Å². The van der Waals surface area contributed by atoms with Gasteiger partial charge in [0.1, 0.15) is 0 Å². The molecule has 1 aromatic heterocycles. The van der Waals surface area contributed by atoms with Crippen LogP contribution in [0.1, 0.15) is 5.56 Å². The summed E-state index contributed by atoms with van der Waals surface area (Å²) in [6, 6.07) is 16.4. The Balaban J connectivity index is 1.77. The molecule has 1 heterocycles. The van der Waals surface area contributed by atoms with Crippen molar-refractivity contribution in [1.29, 1.82) is 5.26 Å². The Kier molecular flexibility index (Phi) is 4.32.